The molecule has 142 valence electrons. The van der Waals surface area contributed by atoms with Crippen molar-refractivity contribution in [3.05, 3.63) is 35.9 Å². The maximum absolute atomic E-state index is 11.3. The van der Waals surface area contributed by atoms with Crippen LogP contribution in [-0.2, 0) is 11.2 Å². The number of unbranched alkanes of at least 4 members (excludes halogenated alkanes) is 9. The normalized spacial score (nSPS) is 12.2. The number of nitrogens with one attached hydrogen (secondary N) is 2. The molecule has 0 aromatic heterocycles. The number of aliphatic carboxylic acids is 1. The summed E-state index contributed by atoms with van der Waals surface area (Å²) in [7, 11) is 0. The first-order valence-electron chi connectivity index (χ1n) is 9.99. The monoisotopic (exact) mass is 348 g/mol. The van der Waals surface area contributed by atoms with E-state index in [1.54, 1.807) is 0 Å². The highest BCUT2D eigenvalue weighted by Gasteiger charge is 2.16. The SMILES string of the molecule is CCCCCCCCCCCCNNC(Cc1ccccc1)C(=O)O. The number of hydrogen-bond donors (Lipinski definition) is 3. The number of hydrazine groups is 1. The molecule has 1 aromatic rings. The Bertz CT molecular complexity index is 437. The Balaban J connectivity index is 1.99. The van der Waals surface area contributed by atoms with Crippen molar-refractivity contribution in [2.24, 2.45) is 0 Å². The van der Waals surface area contributed by atoms with Crippen LogP contribution >= 0.6 is 0 Å². The average molecular weight is 349 g/mol. The van der Waals surface area contributed by atoms with Gasteiger partial charge in [0.15, 0.2) is 0 Å². The van der Waals surface area contributed by atoms with Crippen LogP contribution in [0.2, 0.25) is 0 Å². The van der Waals surface area contributed by atoms with Crippen LogP contribution in [0, 0.1) is 0 Å². The van der Waals surface area contributed by atoms with Crippen molar-refractivity contribution in [2.45, 2.75) is 83.6 Å². The van der Waals surface area contributed by atoms with Gasteiger partial charge in [-0.1, -0.05) is 95.0 Å². The van der Waals surface area contributed by atoms with E-state index in [1.165, 1.54) is 57.8 Å². The van der Waals surface area contributed by atoms with Crippen LogP contribution in [0.15, 0.2) is 30.3 Å². The fourth-order valence-corrected chi connectivity index (χ4v) is 2.95. The van der Waals surface area contributed by atoms with Crippen LogP contribution in [-0.4, -0.2) is 23.7 Å². The molecule has 0 saturated heterocycles. The van der Waals surface area contributed by atoms with Gasteiger partial charge in [-0.15, -0.1) is 0 Å². The third-order valence-corrected chi connectivity index (χ3v) is 4.51. The van der Waals surface area contributed by atoms with E-state index in [-0.39, 0.29) is 0 Å². The highest BCUT2D eigenvalue weighted by Crippen LogP contribution is 2.10. The lowest BCUT2D eigenvalue weighted by Gasteiger charge is -2.15. The van der Waals surface area contributed by atoms with Crippen molar-refractivity contribution in [2.75, 3.05) is 6.54 Å². The van der Waals surface area contributed by atoms with Gasteiger partial charge in [0.05, 0.1) is 0 Å². The minimum atomic E-state index is -0.820. The lowest BCUT2D eigenvalue weighted by Crippen LogP contribution is -2.47. The molecule has 0 heterocycles. The summed E-state index contributed by atoms with van der Waals surface area (Å²) < 4.78 is 0. The lowest BCUT2D eigenvalue weighted by molar-refractivity contribution is -0.139. The van der Waals surface area contributed by atoms with Crippen molar-refractivity contribution >= 4 is 5.97 Å². The molecule has 1 atom stereocenters. The van der Waals surface area contributed by atoms with Crippen molar-refractivity contribution < 1.29 is 9.90 Å². The zero-order chi connectivity index (χ0) is 18.2. The molecular weight excluding hydrogens is 312 g/mol. The van der Waals surface area contributed by atoms with Gasteiger partial charge in [0.2, 0.25) is 0 Å². The molecule has 25 heavy (non-hydrogen) atoms. The van der Waals surface area contributed by atoms with Crippen LogP contribution in [0.3, 0.4) is 0 Å². The summed E-state index contributed by atoms with van der Waals surface area (Å²) in [5.74, 6) is -0.820. The van der Waals surface area contributed by atoms with Gasteiger partial charge in [-0.2, -0.15) is 0 Å². The first-order chi connectivity index (χ1) is 12.2. The summed E-state index contributed by atoms with van der Waals surface area (Å²) in [6, 6.07) is 9.14. The van der Waals surface area contributed by atoms with Crippen molar-refractivity contribution in [3.63, 3.8) is 0 Å². The number of benzene rings is 1. The highest BCUT2D eigenvalue weighted by molar-refractivity contribution is 5.73. The Hall–Kier alpha value is -1.39. The molecule has 3 N–H and O–H groups in total. The Morgan fingerprint density at radius 3 is 2.04 bits per heavy atom. The smallest absolute Gasteiger partial charge is 0.322 e. The second-order valence-corrected chi connectivity index (χ2v) is 6.83. The molecule has 4 heteroatoms. The van der Waals surface area contributed by atoms with E-state index in [1.807, 2.05) is 30.3 Å². The standard InChI is InChI=1S/C21H36N2O2/c1-2-3-4-5-6-7-8-9-10-14-17-22-23-20(21(24)25)18-19-15-12-11-13-16-19/h11-13,15-16,20,22-23H,2-10,14,17-18H2,1H3,(H,24,25). The van der Waals surface area contributed by atoms with Crippen molar-refractivity contribution in [3.8, 4) is 0 Å². The van der Waals surface area contributed by atoms with E-state index in [0.29, 0.717) is 6.42 Å². The van der Waals surface area contributed by atoms with Crippen LogP contribution in [0.25, 0.3) is 0 Å². The van der Waals surface area contributed by atoms with Gasteiger partial charge in [0.1, 0.15) is 6.04 Å². The molecule has 0 spiro atoms. The largest absolute Gasteiger partial charge is 0.480 e. The van der Waals surface area contributed by atoms with E-state index in [9.17, 15) is 9.90 Å². The summed E-state index contributed by atoms with van der Waals surface area (Å²) in [5, 5.41) is 9.31. The summed E-state index contributed by atoms with van der Waals surface area (Å²) in [5.41, 5.74) is 7.06. The minimum absolute atomic E-state index is 0.487. The average Bonchev–Trinajstić information content (AvgIpc) is 2.62. The molecule has 0 aliphatic carbocycles. The molecule has 1 aromatic carbocycles. The molecule has 0 bridgehead atoms. The molecule has 4 nitrogen and oxygen atoms in total. The lowest BCUT2D eigenvalue weighted by atomic mass is 10.1. The minimum Gasteiger partial charge on any atom is -0.480 e. The van der Waals surface area contributed by atoms with Gasteiger partial charge < -0.3 is 5.11 Å². The molecule has 1 rings (SSSR count). The van der Waals surface area contributed by atoms with Gasteiger partial charge in [-0.25, -0.2) is 5.43 Å². The number of carboxylic acid groups (broad SMARTS) is 1. The fraction of sp³-hybridized carbons (Fsp3) is 0.667. The van der Waals surface area contributed by atoms with Crippen LogP contribution in [0.5, 0.6) is 0 Å². The van der Waals surface area contributed by atoms with Gasteiger partial charge in [-0.3, -0.25) is 10.2 Å². The van der Waals surface area contributed by atoms with E-state index in [0.717, 1.165) is 18.5 Å². The Morgan fingerprint density at radius 1 is 0.920 bits per heavy atom. The van der Waals surface area contributed by atoms with Gasteiger partial charge >= 0.3 is 5.97 Å². The third-order valence-electron chi connectivity index (χ3n) is 4.51. The van der Waals surface area contributed by atoms with Crippen LogP contribution in [0.1, 0.15) is 76.7 Å². The van der Waals surface area contributed by atoms with E-state index in [2.05, 4.69) is 17.8 Å². The number of hydrogen-bond acceptors (Lipinski definition) is 3. The molecule has 0 amide bonds. The molecule has 0 fully saturated rings. The molecular formula is C21H36N2O2. The highest BCUT2D eigenvalue weighted by atomic mass is 16.4. The maximum atomic E-state index is 11.3. The maximum Gasteiger partial charge on any atom is 0.322 e. The predicted octanol–water partition coefficient (Wildman–Crippen LogP) is 4.70. The fourth-order valence-electron chi connectivity index (χ4n) is 2.95. The molecule has 0 aliphatic rings. The Labute approximate surface area is 153 Å². The van der Waals surface area contributed by atoms with Gasteiger partial charge in [-0.05, 0) is 18.4 Å². The summed E-state index contributed by atoms with van der Waals surface area (Å²) in [6.45, 7) is 3.07. The van der Waals surface area contributed by atoms with Crippen molar-refractivity contribution in [1.82, 2.24) is 10.9 Å². The zero-order valence-corrected chi connectivity index (χ0v) is 15.8. The molecule has 0 saturated carbocycles. The second kappa shape index (κ2) is 14.9. The zero-order valence-electron chi connectivity index (χ0n) is 15.8. The topological polar surface area (TPSA) is 61.4 Å². The second-order valence-electron chi connectivity index (χ2n) is 6.83. The van der Waals surface area contributed by atoms with Crippen LogP contribution < -0.4 is 10.9 Å². The molecule has 0 aliphatic heterocycles. The third kappa shape index (κ3) is 11.7. The predicted molar refractivity (Wildman–Crippen MR) is 105 cm³/mol. The number of carboxylic acids is 1. The van der Waals surface area contributed by atoms with Crippen molar-refractivity contribution in [1.29, 1.82) is 0 Å². The summed E-state index contributed by atoms with van der Waals surface area (Å²) in [4.78, 5) is 11.3. The Morgan fingerprint density at radius 2 is 1.48 bits per heavy atom. The summed E-state index contributed by atoms with van der Waals surface area (Å²) in [6.07, 6.45) is 13.6. The molecule has 0 radical (unpaired) electrons. The number of rotatable bonds is 16. The van der Waals surface area contributed by atoms with Gasteiger partial charge in [0.25, 0.3) is 0 Å². The quantitative estimate of drug-likeness (QED) is 0.299. The summed E-state index contributed by atoms with van der Waals surface area (Å²) >= 11 is 0. The van der Waals surface area contributed by atoms with Gasteiger partial charge in [0, 0.05) is 6.54 Å². The first kappa shape index (κ1) is 21.7. The Kier molecular flexibility index (Phi) is 12.9. The molecule has 1 unspecified atom stereocenters. The van der Waals surface area contributed by atoms with E-state index in [4.69, 9.17) is 0 Å². The van der Waals surface area contributed by atoms with E-state index >= 15 is 0 Å². The van der Waals surface area contributed by atoms with Crippen LogP contribution in [0.4, 0.5) is 0 Å². The number of carbonyl (C=O) groups is 1. The first-order valence-corrected chi connectivity index (χ1v) is 9.99. The van der Waals surface area contributed by atoms with E-state index < -0.39 is 12.0 Å².